The number of anilines is 1. The van der Waals surface area contributed by atoms with Crippen LogP contribution < -0.4 is 4.90 Å². The van der Waals surface area contributed by atoms with Crippen molar-refractivity contribution in [2.24, 2.45) is 0 Å². The van der Waals surface area contributed by atoms with E-state index >= 15 is 0 Å². The number of amides is 1. The molecule has 0 fully saturated rings. The summed E-state index contributed by atoms with van der Waals surface area (Å²) in [5.74, 6) is -0.371. The number of hydrogen-bond acceptors (Lipinski definition) is 2. The van der Waals surface area contributed by atoms with Gasteiger partial charge in [0.05, 0.1) is 12.2 Å². The second kappa shape index (κ2) is 6.73. The predicted octanol–water partition coefficient (Wildman–Crippen LogP) is 5.22. The van der Waals surface area contributed by atoms with Crippen molar-refractivity contribution in [1.29, 1.82) is 0 Å². The average Bonchev–Trinajstić information content (AvgIpc) is 3.24. The molecule has 1 aromatic heterocycles. The van der Waals surface area contributed by atoms with Crippen molar-refractivity contribution >= 4 is 34.1 Å². The molecule has 1 aliphatic heterocycles. The first-order valence-corrected chi connectivity index (χ1v) is 10.2. The maximum Gasteiger partial charge on any atom is 0.268 e. The number of aliphatic hydroxyl groups is 1. The SMILES string of the molecule is Cc1ccc(CN2C(=O)[C@@](O)(c3c[nH]c4ccccc34)c3cc(Cl)ccc32)c(C)c1. The van der Waals surface area contributed by atoms with Crippen LogP contribution in [0.25, 0.3) is 10.9 Å². The van der Waals surface area contributed by atoms with Crippen LogP contribution in [0, 0.1) is 13.8 Å². The summed E-state index contributed by atoms with van der Waals surface area (Å²) in [5, 5.41) is 13.2. The third kappa shape index (κ3) is 2.68. The number of aryl methyl sites for hydroxylation is 2. The molecule has 2 heterocycles. The lowest BCUT2D eigenvalue weighted by Gasteiger charge is -2.24. The zero-order valence-electron chi connectivity index (χ0n) is 16.7. The van der Waals surface area contributed by atoms with Crippen LogP contribution in [0.15, 0.2) is 66.9 Å². The van der Waals surface area contributed by atoms with Gasteiger partial charge >= 0.3 is 0 Å². The molecular formula is C25H21ClN2O2. The molecule has 1 aliphatic rings. The molecule has 0 unspecified atom stereocenters. The normalized spacial score (nSPS) is 18.3. The highest BCUT2D eigenvalue weighted by Crippen LogP contribution is 2.47. The highest BCUT2D eigenvalue weighted by atomic mass is 35.5. The van der Waals surface area contributed by atoms with Gasteiger partial charge in [0.25, 0.3) is 5.91 Å². The highest BCUT2D eigenvalue weighted by Gasteiger charge is 2.52. The van der Waals surface area contributed by atoms with Gasteiger partial charge in [0.1, 0.15) is 0 Å². The van der Waals surface area contributed by atoms with E-state index < -0.39 is 5.60 Å². The Morgan fingerprint density at radius 3 is 2.63 bits per heavy atom. The van der Waals surface area contributed by atoms with Crippen molar-refractivity contribution < 1.29 is 9.90 Å². The quantitative estimate of drug-likeness (QED) is 0.481. The van der Waals surface area contributed by atoms with Crippen molar-refractivity contribution in [3.63, 3.8) is 0 Å². The van der Waals surface area contributed by atoms with E-state index in [4.69, 9.17) is 11.6 Å². The number of rotatable bonds is 3. The van der Waals surface area contributed by atoms with Crippen molar-refractivity contribution in [3.8, 4) is 0 Å². The molecular weight excluding hydrogens is 396 g/mol. The van der Waals surface area contributed by atoms with Crippen LogP contribution in [0.1, 0.15) is 27.8 Å². The summed E-state index contributed by atoms with van der Waals surface area (Å²) in [4.78, 5) is 18.6. The van der Waals surface area contributed by atoms with Gasteiger partial charge in [0.15, 0.2) is 5.60 Å². The standard InChI is InChI=1S/C25H21ClN2O2/c1-15-7-8-17(16(2)11-15)14-28-23-10-9-18(26)12-20(23)25(30,24(28)29)21-13-27-22-6-4-3-5-19(21)22/h3-13,27,30H,14H2,1-2H3/t25-/m0/s1. The molecule has 0 bridgehead atoms. The first-order valence-electron chi connectivity index (χ1n) is 9.86. The number of aromatic nitrogens is 1. The Labute approximate surface area is 179 Å². The first kappa shape index (κ1) is 18.9. The van der Waals surface area contributed by atoms with Crippen molar-refractivity contribution in [1.82, 2.24) is 4.98 Å². The molecule has 4 aromatic rings. The van der Waals surface area contributed by atoms with Crippen LogP contribution in [-0.2, 0) is 16.9 Å². The van der Waals surface area contributed by atoms with Gasteiger partial charge in [-0.1, -0.05) is 53.6 Å². The van der Waals surface area contributed by atoms with E-state index in [1.165, 1.54) is 5.56 Å². The number of nitrogens with zero attached hydrogens (tertiary/aromatic N) is 1. The van der Waals surface area contributed by atoms with Crippen molar-refractivity contribution in [3.05, 3.63) is 99.7 Å². The van der Waals surface area contributed by atoms with Gasteiger partial charge in [-0.3, -0.25) is 4.79 Å². The lowest BCUT2D eigenvalue weighted by molar-refractivity contribution is -0.132. The fourth-order valence-electron chi connectivity index (χ4n) is 4.44. The molecule has 1 amide bonds. The number of nitrogens with one attached hydrogen (secondary N) is 1. The molecule has 5 heteroatoms. The Bertz CT molecular complexity index is 1310. The summed E-state index contributed by atoms with van der Waals surface area (Å²) in [5.41, 5.74) is 4.11. The number of aromatic amines is 1. The van der Waals surface area contributed by atoms with Crippen LogP contribution in [-0.4, -0.2) is 16.0 Å². The monoisotopic (exact) mass is 416 g/mol. The van der Waals surface area contributed by atoms with Crippen LogP contribution in [0.5, 0.6) is 0 Å². The third-order valence-corrected chi connectivity index (χ3v) is 6.23. The minimum Gasteiger partial charge on any atom is -0.372 e. The maximum atomic E-state index is 13.7. The minimum atomic E-state index is -1.81. The fraction of sp³-hybridized carbons (Fsp3) is 0.160. The number of fused-ring (bicyclic) bond motifs is 2. The third-order valence-electron chi connectivity index (χ3n) is 6.00. The van der Waals surface area contributed by atoms with Crippen LogP contribution in [0.4, 0.5) is 5.69 Å². The van der Waals surface area contributed by atoms with E-state index in [0.29, 0.717) is 28.4 Å². The summed E-state index contributed by atoms with van der Waals surface area (Å²) >= 11 is 6.28. The number of halogens is 1. The van der Waals surface area contributed by atoms with Gasteiger partial charge in [-0.2, -0.15) is 0 Å². The summed E-state index contributed by atoms with van der Waals surface area (Å²) < 4.78 is 0. The summed E-state index contributed by atoms with van der Waals surface area (Å²) in [6, 6.07) is 19.1. The molecule has 30 heavy (non-hydrogen) atoms. The van der Waals surface area contributed by atoms with Crippen LogP contribution >= 0.6 is 11.6 Å². The van der Waals surface area contributed by atoms with Crippen LogP contribution in [0.2, 0.25) is 5.02 Å². The summed E-state index contributed by atoms with van der Waals surface area (Å²) in [7, 11) is 0. The van der Waals surface area contributed by atoms with Gasteiger partial charge < -0.3 is 15.0 Å². The Balaban J connectivity index is 1.68. The van der Waals surface area contributed by atoms with E-state index in [2.05, 4.69) is 11.1 Å². The highest BCUT2D eigenvalue weighted by molar-refractivity contribution is 6.31. The molecule has 0 saturated carbocycles. The van der Waals surface area contributed by atoms with E-state index in [0.717, 1.165) is 22.0 Å². The Kier molecular flexibility index (Phi) is 4.24. The molecule has 0 spiro atoms. The largest absolute Gasteiger partial charge is 0.372 e. The van der Waals surface area contributed by atoms with Gasteiger partial charge in [-0.05, 0) is 49.2 Å². The smallest absolute Gasteiger partial charge is 0.268 e. The number of H-pyrrole nitrogens is 1. The molecule has 5 rings (SSSR count). The van der Waals surface area contributed by atoms with E-state index in [-0.39, 0.29) is 5.91 Å². The number of carbonyl (C=O) groups is 1. The maximum absolute atomic E-state index is 13.7. The van der Waals surface area contributed by atoms with E-state index in [9.17, 15) is 9.90 Å². The van der Waals surface area contributed by atoms with Crippen molar-refractivity contribution in [2.45, 2.75) is 26.0 Å². The molecule has 0 saturated heterocycles. The zero-order valence-corrected chi connectivity index (χ0v) is 17.5. The number of carbonyl (C=O) groups excluding carboxylic acids is 1. The van der Waals surface area contributed by atoms with E-state index in [1.807, 2.05) is 56.3 Å². The predicted molar refractivity (Wildman–Crippen MR) is 120 cm³/mol. The zero-order chi connectivity index (χ0) is 21.0. The lowest BCUT2D eigenvalue weighted by Crippen LogP contribution is -2.40. The summed E-state index contributed by atoms with van der Waals surface area (Å²) in [6.07, 6.45) is 1.72. The van der Waals surface area contributed by atoms with Gasteiger partial charge in [-0.15, -0.1) is 0 Å². The lowest BCUT2D eigenvalue weighted by atomic mass is 9.87. The Morgan fingerprint density at radius 2 is 1.83 bits per heavy atom. The summed E-state index contributed by atoms with van der Waals surface area (Å²) in [6.45, 7) is 4.46. The van der Waals surface area contributed by atoms with E-state index in [1.54, 1.807) is 23.2 Å². The second-order valence-corrected chi connectivity index (χ2v) is 8.38. The number of para-hydroxylation sites is 1. The molecule has 2 N–H and O–H groups in total. The van der Waals surface area contributed by atoms with Crippen LogP contribution in [0.3, 0.4) is 0 Å². The van der Waals surface area contributed by atoms with Gasteiger partial charge in [0.2, 0.25) is 0 Å². The molecule has 0 aliphatic carbocycles. The molecule has 150 valence electrons. The Morgan fingerprint density at radius 1 is 1.03 bits per heavy atom. The fourth-order valence-corrected chi connectivity index (χ4v) is 4.61. The second-order valence-electron chi connectivity index (χ2n) is 7.94. The van der Waals surface area contributed by atoms with Gasteiger partial charge in [0, 0.05) is 33.2 Å². The number of benzene rings is 3. The van der Waals surface area contributed by atoms with Gasteiger partial charge in [-0.25, -0.2) is 0 Å². The molecule has 3 aromatic carbocycles. The molecule has 0 radical (unpaired) electrons. The Hall–Kier alpha value is -3.08. The minimum absolute atomic E-state index is 0.371. The molecule has 1 atom stereocenters. The van der Waals surface area contributed by atoms with Crippen molar-refractivity contribution in [2.75, 3.05) is 4.90 Å². The average molecular weight is 417 g/mol. The first-order chi connectivity index (χ1) is 14.4. The topological polar surface area (TPSA) is 56.3 Å². The number of hydrogen-bond donors (Lipinski definition) is 2. The molecule has 4 nitrogen and oxygen atoms in total.